The van der Waals surface area contributed by atoms with Gasteiger partial charge in [-0.05, 0) is 50.7 Å². The molecule has 2 aliphatic rings. The van der Waals surface area contributed by atoms with E-state index in [-0.39, 0.29) is 0 Å². The van der Waals surface area contributed by atoms with Crippen LogP contribution < -0.4 is 14.8 Å². The summed E-state index contributed by atoms with van der Waals surface area (Å²) in [5.41, 5.74) is 1.28. The first-order chi connectivity index (χ1) is 9.36. The normalized spacial score (nSPS) is 20.5. The van der Waals surface area contributed by atoms with E-state index in [1.54, 1.807) is 0 Å². The predicted molar refractivity (Wildman–Crippen MR) is 74.7 cm³/mol. The summed E-state index contributed by atoms with van der Waals surface area (Å²) < 4.78 is 10.8. The molecule has 2 heterocycles. The summed E-state index contributed by atoms with van der Waals surface area (Å²) in [5, 5.41) is 3.42. The molecule has 0 radical (unpaired) electrons. The molecule has 1 aromatic rings. The average Bonchev–Trinajstić information content (AvgIpc) is 2.93. The summed E-state index contributed by atoms with van der Waals surface area (Å²) in [6.07, 6.45) is 4.04. The van der Waals surface area contributed by atoms with Crippen molar-refractivity contribution in [3.8, 4) is 11.5 Å². The summed E-state index contributed by atoms with van der Waals surface area (Å²) >= 11 is 0. The Kier molecular flexibility index (Phi) is 3.89. The second kappa shape index (κ2) is 5.80. The molecule has 0 bridgehead atoms. The van der Waals surface area contributed by atoms with Gasteiger partial charge in [-0.3, -0.25) is 0 Å². The van der Waals surface area contributed by atoms with Gasteiger partial charge in [-0.1, -0.05) is 12.5 Å². The van der Waals surface area contributed by atoms with E-state index in [0.717, 1.165) is 18.0 Å². The maximum absolute atomic E-state index is 5.46. The highest BCUT2D eigenvalue weighted by Gasteiger charge is 2.20. The number of likely N-dealkylation sites (tertiary alicyclic amines) is 1. The van der Waals surface area contributed by atoms with Crippen LogP contribution in [0.15, 0.2) is 18.2 Å². The van der Waals surface area contributed by atoms with Gasteiger partial charge in [0.25, 0.3) is 0 Å². The number of likely N-dealkylation sites (N-methyl/N-ethyl adjacent to an activating group) is 1. The number of benzene rings is 1. The second-order valence-corrected chi connectivity index (χ2v) is 5.32. The quantitative estimate of drug-likeness (QED) is 0.901. The van der Waals surface area contributed by atoms with Gasteiger partial charge in [0.1, 0.15) is 0 Å². The van der Waals surface area contributed by atoms with Gasteiger partial charge in [0.2, 0.25) is 6.79 Å². The Bertz CT molecular complexity index is 430. The van der Waals surface area contributed by atoms with Gasteiger partial charge in [0.15, 0.2) is 11.5 Å². The average molecular weight is 262 g/mol. The summed E-state index contributed by atoms with van der Waals surface area (Å²) in [7, 11) is 2.03. The van der Waals surface area contributed by atoms with Crippen LogP contribution in [-0.4, -0.2) is 38.4 Å². The molecule has 104 valence electrons. The van der Waals surface area contributed by atoms with Gasteiger partial charge in [-0.15, -0.1) is 0 Å². The molecule has 2 aliphatic heterocycles. The Morgan fingerprint density at radius 3 is 2.74 bits per heavy atom. The Labute approximate surface area is 114 Å². The molecule has 0 aromatic heterocycles. The molecule has 1 atom stereocenters. The Morgan fingerprint density at radius 2 is 1.95 bits per heavy atom. The van der Waals surface area contributed by atoms with E-state index in [9.17, 15) is 0 Å². The smallest absolute Gasteiger partial charge is 0.231 e. The molecule has 0 saturated carbocycles. The highest BCUT2D eigenvalue weighted by molar-refractivity contribution is 5.45. The van der Waals surface area contributed by atoms with E-state index in [0.29, 0.717) is 12.8 Å². The zero-order valence-electron chi connectivity index (χ0n) is 11.5. The number of fused-ring (bicyclic) bond motifs is 1. The minimum Gasteiger partial charge on any atom is -0.454 e. The number of piperidine rings is 1. The van der Waals surface area contributed by atoms with Gasteiger partial charge >= 0.3 is 0 Å². The summed E-state index contributed by atoms with van der Waals surface area (Å²) in [4.78, 5) is 2.55. The molecule has 3 rings (SSSR count). The molecule has 1 fully saturated rings. The molecular formula is C15H22N2O2. The van der Waals surface area contributed by atoms with Gasteiger partial charge in [-0.25, -0.2) is 0 Å². The van der Waals surface area contributed by atoms with Crippen LogP contribution in [0.1, 0.15) is 30.9 Å². The zero-order chi connectivity index (χ0) is 13.1. The van der Waals surface area contributed by atoms with Crippen LogP contribution in [0.4, 0.5) is 0 Å². The fourth-order valence-electron chi connectivity index (χ4n) is 2.89. The summed E-state index contributed by atoms with van der Waals surface area (Å²) in [5.74, 6) is 1.73. The van der Waals surface area contributed by atoms with Crippen LogP contribution in [0.3, 0.4) is 0 Å². The Balaban J connectivity index is 1.70. The molecule has 1 aromatic carbocycles. The molecule has 1 unspecified atom stereocenters. The van der Waals surface area contributed by atoms with Crippen molar-refractivity contribution in [1.29, 1.82) is 0 Å². The summed E-state index contributed by atoms with van der Waals surface area (Å²) in [6.45, 7) is 3.86. The number of ether oxygens (including phenoxy) is 2. The molecular weight excluding hydrogens is 240 g/mol. The van der Waals surface area contributed by atoms with E-state index in [1.165, 1.54) is 37.9 Å². The minimum atomic E-state index is 0.342. The van der Waals surface area contributed by atoms with Crippen LogP contribution in [0.2, 0.25) is 0 Å². The Hall–Kier alpha value is -1.26. The highest BCUT2D eigenvalue weighted by Crippen LogP contribution is 2.34. The first kappa shape index (κ1) is 12.8. The largest absolute Gasteiger partial charge is 0.454 e. The number of nitrogens with zero attached hydrogens (tertiary/aromatic N) is 1. The standard InChI is InChI=1S/C15H22N2O2/c1-16-13(10-17-7-3-2-4-8-17)12-5-6-14-15(9-12)19-11-18-14/h5-6,9,13,16H,2-4,7-8,10-11H2,1H3. The lowest BCUT2D eigenvalue weighted by Gasteiger charge is -2.30. The van der Waals surface area contributed by atoms with Crippen molar-refractivity contribution in [3.05, 3.63) is 23.8 Å². The lowest BCUT2D eigenvalue weighted by molar-refractivity contribution is 0.174. The minimum absolute atomic E-state index is 0.342. The lowest BCUT2D eigenvalue weighted by atomic mass is 10.0. The fraction of sp³-hybridized carbons (Fsp3) is 0.600. The van der Waals surface area contributed by atoms with Crippen molar-refractivity contribution in [2.24, 2.45) is 0 Å². The zero-order valence-corrected chi connectivity index (χ0v) is 11.5. The third kappa shape index (κ3) is 2.85. The van der Waals surface area contributed by atoms with E-state index in [4.69, 9.17) is 9.47 Å². The molecule has 1 N–H and O–H groups in total. The van der Waals surface area contributed by atoms with Gasteiger partial charge in [0.05, 0.1) is 0 Å². The number of rotatable bonds is 4. The monoisotopic (exact) mass is 262 g/mol. The molecule has 0 spiro atoms. The topological polar surface area (TPSA) is 33.7 Å². The molecule has 4 heteroatoms. The molecule has 1 saturated heterocycles. The van der Waals surface area contributed by atoms with Gasteiger partial charge < -0.3 is 19.7 Å². The molecule has 4 nitrogen and oxygen atoms in total. The predicted octanol–water partition coefficient (Wildman–Crippen LogP) is 2.16. The van der Waals surface area contributed by atoms with Crippen molar-refractivity contribution in [3.63, 3.8) is 0 Å². The first-order valence-corrected chi connectivity index (χ1v) is 7.16. The number of hydrogen-bond acceptors (Lipinski definition) is 4. The third-order valence-corrected chi connectivity index (χ3v) is 4.04. The van der Waals surface area contributed by atoms with Gasteiger partial charge in [-0.2, -0.15) is 0 Å². The van der Waals surface area contributed by atoms with Crippen LogP contribution in [0.25, 0.3) is 0 Å². The molecule has 19 heavy (non-hydrogen) atoms. The maximum Gasteiger partial charge on any atom is 0.231 e. The number of hydrogen-bond donors (Lipinski definition) is 1. The van der Waals surface area contributed by atoms with E-state index >= 15 is 0 Å². The highest BCUT2D eigenvalue weighted by atomic mass is 16.7. The molecule has 0 amide bonds. The molecule has 0 aliphatic carbocycles. The van der Waals surface area contributed by atoms with Gasteiger partial charge in [0, 0.05) is 12.6 Å². The van der Waals surface area contributed by atoms with E-state index in [2.05, 4.69) is 22.3 Å². The fourth-order valence-corrected chi connectivity index (χ4v) is 2.89. The summed E-state index contributed by atoms with van der Waals surface area (Å²) in [6, 6.07) is 6.61. The third-order valence-electron chi connectivity index (χ3n) is 4.04. The van der Waals surface area contributed by atoms with Crippen LogP contribution in [-0.2, 0) is 0 Å². The van der Waals surface area contributed by atoms with E-state index in [1.807, 2.05) is 13.1 Å². The number of nitrogens with one attached hydrogen (secondary N) is 1. The van der Waals surface area contributed by atoms with Crippen molar-refractivity contribution in [2.45, 2.75) is 25.3 Å². The first-order valence-electron chi connectivity index (χ1n) is 7.16. The lowest BCUT2D eigenvalue weighted by Crippen LogP contribution is -2.37. The van der Waals surface area contributed by atoms with E-state index < -0.39 is 0 Å². The maximum atomic E-state index is 5.46. The van der Waals surface area contributed by atoms with Crippen LogP contribution >= 0.6 is 0 Å². The van der Waals surface area contributed by atoms with Crippen LogP contribution in [0, 0.1) is 0 Å². The van der Waals surface area contributed by atoms with Crippen molar-refractivity contribution in [1.82, 2.24) is 10.2 Å². The van der Waals surface area contributed by atoms with Crippen LogP contribution in [0.5, 0.6) is 11.5 Å². The van der Waals surface area contributed by atoms with Crippen molar-refractivity contribution in [2.75, 3.05) is 33.5 Å². The van der Waals surface area contributed by atoms with Crippen molar-refractivity contribution >= 4 is 0 Å². The SMILES string of the molecule is CNC(CN1CCCCC1)c1ccc2c(c1)OCO2. The van der Waals surface area contributed by atoms with Crippen molar-refractivity contribution < 1.29 is 9.47 Å². The Morgan fingerprint density at radius 1 is 1.16 bits per heavy atom. The second-order valence-electron chi connectivity index (χ2n) is 5.32.